The first-order chi connectivity index (χ1) is 27.2. The number of Topliss-reactive ketones (excluding diaryl/α,β-unsaturated/α-hetero) is 3. The van der Waals surface area contributed by atoms with Gasteiger partial charge in [-0.3, -0.25) is 28.8 Å². The molecule has 3 amide bonds. The standard InChI is InChI=1S/C46H68N4O7/c1-6-50(31(2)3)25-17-16-24-40(43(54)30-39(33(5)51)44(47)55)49-46(57)37(26-34-18-10-7-11-19-34)28-41(52)32(4)48-45(56)38(27-35-20-12-8-13-21-35)29-42(53)36-22-14-9-15-23-36/h7-8,10-13,18-21,31-33,36-40,51H,6,9,14-17,22-30H2,1-5H3,(H2,47,55)(H,48,56)(H,49,57)/t32-,33-,37+,38+,39?,40-/m0/s1. The monoisotopic (exact) mass is 789 g/mol. The second-order valence-electron chi connectivity index (χ2n) is 16.4. The molecule has 1 aliphatic rings. The van der Waals surface area contributed by atoms with Crippen LogP contribution in [0.4, 0.5) is 0 Å². The van der Waals surface area contributed by atoms with E-state index in [-0.39, 0.29) is 49.1 Å². The Hall–Kier alpha value is -4.22. The van der Waals surface area contributed by atoms with Crippen LogP contribution in [0, 0.1) is 23.7 Å². The van der Waals surface area contributed by atoms with Gasteiger partial charge in [0.25, 0.3) is 0 Å². The number of nitrogens with zero attached hydrogens (tertiary/aromatic N) is 1. The van der Waals surface area contributed by atoms with Crippen LogP contribution in [0.2, 0.25) is 0 Å². The van der Waals surface area contributed by atoms with Gasteiger partial charge >= 0.3 is 0 Å². The fraction of sp³-hybridized carbons (Fsp3) is 0.609. The number of amides is 3. The summed E-state index contributed by atoms with van der Waals surface area (Å²) in [7, 11) is 0. The van der Waals surface area contributed by atoms with E-state index in [9.17, 15) is 33.9 Å². The first kappa shape index (κ1) is 47.2. The molecule has 0 radical (unpaired) electrons. The van der Waals surface area contributed by atoms with Gasteiger partial charge in [0.1, 0.15) is 5.78 Å². The van der Waals surface area contributed by atoms with E-state index in [4.69, 9.17) is 5.73 Å². The number of aliphatic hydroxyl groups is 1. The Morgan fingerprint density at radius 1 is 0.737 bits per heavy atom. The average Bonchev–Trinajstić information content (AvgIpc) is 3.19. The maximum Gasteiger partial charge on any atom is 0.224 e. The molecule has 0 saturated heterocycles. The van der Waals surface area contributed by atoms with Crippen molar-refractivity contribution < 1.29 is 33.9 Å². The van der Waals surface area contributed by atoms with Gasteiger partial charge in [0.15, 0.2) is 11.6 Å². The number of hydrogen-bond donors (Lipinski definition) is 4. The van der Waals surface area contributed by atoms with Crippen molar-refractivity contribution in [2.24, 2.45) is 29.4 Å². The molecule has 5 N–H and O–H groups in total. The van der Waals surface area contributed by atoms with Crippen LogP contribution in [0.15, 0.2) is 60.7 Å². The molecule has 1 unspecified atom stereocenters. The highest BCUT2D eigenvalue weighted by molar-refractivity contribution is 5.96. The van der Waals surface area contributed by atoms with E-state index in [1.54, 1.807) is 6.92 Å². The van der Waals surface area contributed by atoms with E-state index in [0.29, 0.717) is 25.3 Å². The lowest BCUT2D eigenvalue weighted by Crippen LogP contribution is -2.48. The van der Waals surface area contributed by atoms with Gasteiger partial charge < -0.3 is 26.4 Å². The maximum atomic E-state index is 14.2. The number of carbonyl (C=O) groups excluding carboxylic acids is 6. The fourth-order valence-electron chi connectivity index (χ4n) is 7.89. The minimum absolute atomic E-state index is 0.0448. The smallest absolute Gasteiger partial charge is 0.224 e. The van der Waals surface area contributed by atoms with Gasteiger partial charge in [0.05, 0.1) is 24.1 Å². The average molecular weight is 789 g/mol. The van der Waals surface area contributed by atoms with Gasteiger partial charge in [-0.05, 0) is 96.9 Å². The lowest BCUT2D eigenvalue weighted by atomic mass is 9.81. The van der Waals surface area contributed by atoms with Crippen molar-refractivity contribution in [2.45, 2.75) is 142 Å². The maximum absolute atomic E-state index is 14.2. The highest BCUT2D eigenvalue weighted by atomic mass is 16.3. The summed E-state index contributed by atoms with van der Waals surface area (Å²) in [5.41, 5.74) is 7.27. The minimum atomic E-state index is -1.15. The molecule has 0 aromatic heterocycles. The van der Waals surface area contributed by atoms with Gasteiger partial charge in [0, 0.05) is 43.1 Å². The lowest BCUT2D eigenvalue weighted by molar-refractivity contribution is -0.135. The van der Waals surface area contributed by atoms with E-state index < -0.39 is 53.5 Å². The second-order valence-corrected chi connectivity index (χ2v) is 16.4. The second kappa shape index (κ2) is 24.5. The molecular formula is C46H68N4O7. The summed E-state index contributed by atoms with van der Waals surface area (Å²) < 4.78 is 0. The quantitative estimate of drug-likeness (QED) is 0.0900. The van der Waals surface area contributed by atoms with E-state index >= 15 is 0 Å². The van der Waals surface area contributed by atoms with Crippen LogP contribution in [-0.2, 0) is 41.6 Å². The Kier molecular flexibility index (Phi) is 20.3. The third-order valence-electron chi connectivity index (χ3n) is 11.6. The highest BCUT2D eigenvalue weighted by Crippen LogP contribution is 2.28. The number of ketones is 3. The summed E-state index contributed by atoms with van der Waals surface area (Å²) in [6, 6.07) is 17.3. The van der Waals surface area contributed by atoms with Crippen molar-refractivity contribution in [2.75, 3.05) is 13.1 Å². The third-order valence-corrected chi connectivity index (χ3v) is 11.6. The van der Waals surface area contributed by atoms with Gasteiger partial charge in [-0.25, -0.2) is 0 Å². The molecule has 314 valence electrons. The van der Waals surface area contributed by atoms with E-state index in [2.05, 4.69) is 36.3 Å². The normalized spacial score (nSPS) is 16.6. The molecule has 11 heteroatoms. The minimum Gasteiger partial charge on any atom is -0.393 e. The number of unbranched alkanes of at least 4 members (excludes halogenated alkanes) is 1. The number of hydrogen-bond acceptors (Lipinski definition) is 8. The van der Waals surface area contributed by atoms with Crippen LogP contribution in [-0.4, -0.2) is 82.4 Å². The molecule has 1 aliphatic carbocycles. The largest absolute Gasteiger partial charge is 0.393 e. The number of aliphatic hydroxyl groups excluding tert-OH is 1. The zero-order chi connectivity index (χ0) is 41.9. The Bertz CT molecular complexity index is 1580. The highest BCUT2D eigenvalue weighted by Gasteiger charge is 2.34. The van der Waals surface area contributed by atoms with Crippen molar-refractivity contribution in [3.05, 3.63) is 71.8 Å². The lowest BCUT2D eigenvalue weighted by Gasteiger charge is -2.26. The summed E-state index contributed by atoms with van der Waals surface area (Å²) in [6.07, 6.45) is 5.52. The van der Waals surface area contributed by atoms with Crippen LogP contribution in [0.3, 0.4) is 0 Å². The first-order valence-corrected chi connectivity index (χ1v) is 21.2. The SMILES string of the molecule is CCN(CCCC[C@H](NC(=O)[C@@H](CC(=O)[C@H](C)NC(=O)[C@@H](CC(=O)C1CCCCC1)Cc1ccccc1)Cc1ccccc1)C(=O)CC(C(N)=O)[C@H](C)O)C(C)C. The number of primary amides is 1. The molecule has 2 aromatic carbocycles. The number of rotatable bonds is 26. The predicted molar refractivity (Wildman–Crippen MR) is 223 cm³/mol. The number of carbonyl (C=O) groups is 6. The Morgan fingerprint density at radius 2 is 1.28 bits per heavy atom. The van der Waals surface area contributed by atoms with Crippen LogP contribution in [0.1, 0.15) is 116 Å². The summed E-state index contributed by atoms with van der Waals surface area (Å²) >= 11 is 0. The number of nitrogens with one attached hydrogen (secondary N) is 2. The molecule has 0 heterocycles. The predicted octanol–water partition coefficient (Wildman–Crippen LogP) is 5.53. The molecule has 11 nitrogen and oxygen atoms in total. The molecule has 0 spiro atoms. The van der Waals surface area contributed by atoms with Gasteiger partial charge in [-0.2, -0.15) is 0 Å². The summed E-state index contributed by atoms with van der Waals surface area (Å²) in [4.78, 5) is 83.4. The molecule has 3 rings (SSSR count). The topological polar surface area (TPSA) is 176 Å². The first-order valence-electron chi connectivity index (χ1n) is 21.2. The molecule has 6 atom stereocenters. The summed E-state index contributed by atoms with van der Waals surface area (Å²) in [6.45, 7) is 11.0. The molecule has 0 bridgehead atoms. The molecule has 1 saturated carbocycles. The number of benzene rings is 2. The third kappa shape index (κ3) is 16.3. The van der Waals surface area contributed by atoms with Crippen LogP contribution >= 0.6 is 0 Å². The van der Waals surface area contributed by atoms with Crippen LogP contribution < -0.4 is 16.4 Å². The van der Waals surface area contributed by atoms with Crippen LogP contribution in [0.25, 0.3) is 0 Å². The molecule has 1 fully saturated rings. The molecule has 2 aromatic rings. The van der Waals surface area contributed by atoms with Gasteiger partial charge in [0.2, 0.25) is 17.7 Å². The van der Waals surface area contributed by atoms with E-state index in [0.717, 1.165) is 62.7 Å². The number of nitrogens with two attached hydrogens (primary N) is 1. The van der Waals surface area contributed by atoms with Gasteiger partial charge in [-0.1, -0.05) is 86.8 Å². The Balaban J connectivity index is 1.79. The fourth-order valence-corrected chi connectivity index (χ4v) is 7.89. The zero-order valence-corrected chi connectivity index (χ0v) is 34.9. The molecular weight excluding hydrogens is 721 g/mol. The van der Waals surface area contributed by atoms with Crippen LogP contribution in [0.5, 0.6) is 0 Å². The van der Waals surface area contributed by atoms with E-state index in [1.807, 2.05) is 60.7 Å². The molecule has 0 aliphatic heterocycles. The Labute approximate surface area is 340 Å². The van der Waals surface area contributed by atoms with Crippen molar-refractivity contribution in [3.63, 3.8) is 0 Å². The summed E-state index contributed by atoms with van der Waals surface area (Å²) in [5, 5.41) is 16.0. The van der Waals surface area contributed by atoms with Crippen molar-refractivity contribution in [3.8, 4) is 0 Å². The van der Waals surface area contributed by atoms with Crippen molar-refractivity contribution >= 4 is 35.1 Å². The summed E-state index contributed by atoms with van der Waals surface area (Å²) in [5.74, 6) is -5.02. The van der Waals surface area contributed by atoms with E-state index in [1.165, 1.54) is 6.92 Å². The zero-order valence-electron chi connectivity index (χ0n) is 34.9. The van der Waals surface area contributed by atoms with Crippen molar-refractivity contribution in [1.82, 2.24) is 15.5 Å². The van der Waals surface area contributed by atoms with Gasteiger partial charge in [-0.15, -0.1) is 0 Å². The Morgan fingerprint density at radius 3 is 1.79 bits per heavy atom. The molecule has 57 heavy (non-hydrogen) atoms. The van der Waals surface area contributed by atoms with Crippen molar-refractivity contribution in [1.29, 1.82) is 0 Å².